The quantitative estimate of drug-likeness (QED) is 0.840. The number of anilines is 1. The number of fused-ring (bicyclic) bond motifs is 1. The van der Waals surface area contributed by atoms with Crippen LogP contribution in [0.4, 0.5) is 5.69 Å². The van der Waals surface area contributed by atoms with Crippen LogP contribution in [0.25, 0.3) is 0 Å². The van der Waals surface area contributed by atoms with Gasteiger partial charge in [-0.15, -0.1) is 0 Å². The van der Waals surface area contributed by atoms with Crippen molar-refractivity contribution < 1.29 is 4.79 Å². The van der Waals surface area contributed by atoms with Gasteiger partial charge in [0, 0.05) is 24.2 Å². The van der Waals surface area contributed by atoms with Crippen LogP contribution in [0.1, 0.15) is 38.7 Å². The van der Waals surface area contributed by atoms with E-state index in [9.17, 15) is 4.79 Å². The van der Waals surface area contributed by atoms with Crippen molar-refractivity contribution in [1.82, 2.24) is 4.90 Å². The summed E-state index contributed by atoms with van der Waals surface area (Å²) in [5.41, 5.74) is 2.39. The van der Waals surface area contributed by atoms with E-state index in [1.165, 1.54) is 12.0 Å². The maximum atomic E-state index is 12.8. The lowest BCUT2D eigenvalue weighted by molar-refractivity contribution is -0.137. The summed E-state index contributed by atoms with van der Waals surface area (Å²) in [4.78, 5) is 14.9. The van der Waals surface area contributed by atoms with E-state index in [0.29, 0.717) is 12.1 Å². The van der Waals surface area contributed by atoms with Gasteiger partial charge in [-0.1, -0.05) is 18.2 Å². The molecule has 1 amide bonds. The molecule has 19 heavy (non-hydrogen) atoms. The molecule has 0 saturated carbocycles. The number of hydrogen-bond acceptors (Lipinski definition) is 2. The molecule has 3 nitrogen and oxygen atoms in total. The molecule has 0 aromatic heterocycles. The summed E-state index contributed by atoms with van der Waals surface area (Å²) in [6.45, 7) is 4.35. The molecule has 1 fully saturated rings. The van der Waals surface area contributed by atoms with Crippen molar-refractivity contribution in [3.05, 3.63) is 29.8 Å². The van der Waals surface area contributed by atoms with E-state index in [-0.39, 0.29) is 11.9 Å². The van der Waals surface area contributed by atoms with Crippen LogP contribution in [0.3, 0.4) is 0 Å². The molecule has 0 spiro atoms. The first-order valence-electron chi connectivity index (χ1n) is 7.33. The zero-order valence-corrected chi connectivity index (χ0v) is 11.7. The summed E-state index contributed by atoms with van der Waals surface area (Å²) in [7, 11) is 0. The van der Waals surface area contributed by atoms with E-state index in [1.807, 2.05) is 12.1 Å². The zero-order valence-electron chi connectivity index (χ0n) is 11.7. The predicted molar refractivity (Wildman–Crippen MR) is 77.2 cm³/mol. The molecule has 2 aliphatic rings. The normalized spacial score (nSPS) is 29.8. The minimum Gasteiger partial charge on any atom is -0.373 e. The SMILES string of the molecule is C[C@@H]1CCC[C@H](C)N1C(=O)[C@@H]1Cc2ccccc2N1. The molecule has 1 N–H and O–H groups in total. The van der Waals surface area contributed by atoms with Crippen LogP contribution in [0.2, 0.25) is 0 Å². The Balaban J connectivity index is 1.75. The third kappa shape index (κ3) is 2.22. The van der Waals surface area contributed by atoms with Gasteiger partial charge in [0.15, 0.2) is 0 Å². The highest BCUT2D eigenvalue weighted by atomic mass is 16.2. The molecule has 0 radical (unpaired) electrons. The molecule has 3 atom stereocenters. The maximum absolute atomic E-state index is 12.8. The first kappa shape index (κ1) is 12.5. The summed E-state index contributed by atoms with van der Waals surface area (Å²) < 4.78 is 0. The molecule has 0 unspecified atom stereocenters. The lowest BCUT2D eigenvalue weighted by Crippen LogP contribution is -2.52. The number of rotatable bonds is 1. The number of amides is 1. The number of benzene rings is 1. The summed E-state index contributed by atoms with van der Waals surface area (Å²) in [6, 6.07) is 8.92. The minimum atomic E-state index is -0.0691. The molecule has 3 heteroatoms. The molecule has 1 aromatic rings. The number of nitrogens with zero attached hydrogens (tertiary/aromatic N) is 1. The van der Waals surface area contributed by atoms with Crippen molar-refractivity contribution in [1.29, 1.82) is 0 Å². The molecule has 102 valence electrons. The van der Waals surface area contributed by atoms with Gasteiger partial charge in [-0.25, -0.2) is 0 Å². The van der Waals surface area contributed by atoms with E-state index >= 15 is 0 Å². The van der Waals surface area contributed by atoms with E-state index in [4.69, 9.17) is 0 Å². The fourth-order valence-corrected chi connectivity index (χ4v) is 3.48. The second kappa shape index (κ2) is 4.87. The Labute approximate surface area is 115 Å². The number of para-hydroxylation sites is 1. The molecule has 1 aromatic carbocycles. The van der Waals surface area contributed by atoms with Crippen LogP contribution < -0.4 is 5.32 Å². The van der Waals surface area contributed by atoms with Gasteiger partial charge in [0.05, 0.1) is 0 Å². The number of piperidine rings is 1. The Morgan fingerprint density at radius 2 is 1.89 bits per heavy atom. The largest absolute Gasteiger partial charge is 0.373 e. The lowest BCUT2D eigenvalue weighted by atomic mass is 9.96. The second-order valence-electron chi connectivity index (χ2n) is 5.93. The van der Waals surface area contributed by atoms with Crippen LogP contribution in [-0.2, 0) is 11.2 Å². The number of carbonyl (C=O) groups excluding carboxylic acids is 1. The van der Waals surface area contributed by atoms with Gasteiger partial charge in [0.25, 0.3) is 0 Å². The Kier molecular flexibility index (Phi) is 3.21. The second-order valence-corrected chi connectivity index (χ2v) is 5.93. The first-order valence-corrected chi connectivity index (χ1v) is 7.33. The molecular weight excluding hydrogens is 236 g/mol. The van der Waals surface area contributed by atoms with E-state index in [1.54, 1.807) is 0 Å². The fourth-order valence-electron chi connectivity index (χ4n) is 3.48. The molecular formula is C16H22N2O. The van der Waals surface area contributed by atoms with Crippen LogP contribution >= 0.6 is 0 Å². The molecule has 2 aliphatic heterocycles. The highest BCUT2D eigenvalue weighted by Gasteiger charge is 2.35. The highest BCUT2D eigenvalue weighted by Crippen LogP contribution is 2.29. The topological polar surface area (TPSA) is 32.3 Å². The van der Waals surface area contributed by atoms with Gasteiger partial charge in [-0.2, -0.15) is 0 Å². The average molecular weight is 258 g/mol. The monoisotopic (exact) mass is 258 g/mol. The van der Waals surface area contributed by atoms with Crippen LogP contribution in [0.5, 0.6) is 0 Å². The number of likely N-dealkylation sites (tertiary alicyclic amines) is 1. The molecule has 1 saturated heterocycles. The summed E-state index contributed by atoms with van der Waals surface area (Å²) in [5.74, 6) is 0.274. The van der Waals surface area contributed by atoms with Crippen molar-refractivity contribution in [2.75, 3.05) is 5.32 Å². The summed E-state index contributed by atoms with van der Waals surface area (Å²) in [6.07, 6.45) is 4.33. The van der Waals surface area contributed by atoms with E-state index < -0.39 is 0 Å². The van der Waals surface area contributed by atoms with E-state index in [0.717, 1.165) is 24.9 Å². The number of nitrogens with one attached hydrogen (secondary N) is 1. The van der Waals surface area contributed by atoms with Gasteiger partial charge in [-0.05, 0) is 44.7 Å². The Morgan fingerprint density at radius 1 is 1.21 bits per heavy atom. The lowest BCUT2D eigenvalue weighted by Gasteiger charge is -2.40. The Morgan fingerprint density at radius 3 is 2.58 bits per heavy atom. The average Bonchev–Trinajstić information content (AvgIpc) is 2.82. The molecule has 2 heterocycles. The Bertz CT molecular complexity index is 450. The van der Waals surface area contributed by atoms with Crippen molar-refractivity contribution in [3.8, 4) is 0 Å². The zero-order chi connectivity index (χ0) is 13.4. The summed E-state index contributed by atoms with van der Waals surface area (Å²) >= 11 is 0. The smallest absolute Gasteiger partial charge is 0.245 e. The van der Waals surface area contributed by atoms with Gasteiger partial charge >= 0.3 is 0 Å². The van der Waals surface area contributed by atoms with Gasteiger partial charge in [-0.3, -0.25) is 4.79 Å². The third-order valence-corrected chi connectivity index (χ3v) is 4.52. The van der Waals surface area contributed by atoms with Crippen molar-refractivity contribution >= 4 is 11.6 Å². The molecule has 3 rings (SSSR count). The van der Waals surface area contributed by atoms with E-state index in [2.05, 4.69) is 36.2 Å². The Hall–Kier alpha value is -1.51. The minimum absolute atomic E-state index is 0.0691. The predicted octanol–water partition coefficient (Wildman–Crippen LogP) is 2.81. The van der Waals surface area contributed by atoms with Crippen LogP contribution in [0.15, 0.2) is 24.3 Å². The van der Waals surface area contributed by atoms with Crippen molar-refractivity contribution in [3.63, 3.8) is 0 Å². The van der Waals surface area contributed by atoms with Crippen molar-refractivity contribution in [2.45, 2.75) is 57.7 Å². The van der Waals surface area contributed by atoms with Gasteiger partial charge in [0.2, 0.25) is 5.91 Å². The fraction of sp³-hybridized carbons (Fsp3) is 0.562. The van der Waals surface area contributed by atoms with Gasteiger partial charge < -0.3 is 10.2 Å². The first-order chi connectivity index (χ1) is 9.16. The standard InChI is InChI=1S/C16H22N2O/c1-11-6-5-7-12(2)18(11)16(19)15-10-13-8-3-4-9-14(13)17-15/h3-4,8-9,11-12,15,17H,5-7,10H2,1-2H3/t11-,12+,15-/m0/s1. The number of carbonyl (C=O) groups is 1. The maximum Gasteiger partial charge on any atom is 0.245 e. The molecule has 0 aliphatic carbocycles. The molecule has 0 bridgehead atoms. The number of hydrogen-bond donors (Lipinski definition) is 1. The van der Waals surface area contributed by atoms with Crippen LogP contribution in [-0.4, -0.2) is 28.9 Å². The van der Waals surface area contributed by atoms with Crippen LogP contribution in [0, 0.1) is 0 Å². The van der Waals surface area contributed by atoms with Gasteiger partial charge in [0.1, 0.15) is 6.04 Å². The third-order valence-electron chi connectivity index (χ3n) is 4.52. The van der Waals surface area contributed by atoms with Crippen molar-refractivity contribution in [2.24, 2.45) is 0 Å². The summed E-state index contributed by atoms with van der Waals surface area (Å²) in [5, 5.41) is 3.38. The highest BCUT2D eigenvalue weighted by molar-refractivity contribution is 5.88.